The molecule has 15 heavy (non-hydrogen) atoms. The third-order valence-electron chi connectivity index (χ3n) is 2.18. The number of alkyl halides is 1. The van der Waals surface area contributed by atoms with Gasteiger partial charge in [0.05, 0.1) is 12.2 Å². The van der Waals surface area contributed by atoms with E-state index in [0.717, 1.165) is 22.9 Å². The number of esters is 1. The minimum Gasteiger partial charge on any atom is -0.462 e. The van der Waals surface area contributed by atoms with Crippen LogP contribution in [0.15, 0.2) is 18.2 Å². The number of benzene rings is 1. The standard InChI is InChI=1S/C12H15BrO2/c1-3-15-12(14)11-8-10(6-7-13)5-4-9(11)2/h4-5,8H,3,6-7H2,1-2H3. The molecule has 0 amide bonds. The molecule has 0 spiro atoms. The summed E-state index contributed by atoms with van der Waals surface area (Å²) in [6.45, 7) is 4.15. The highest BCUT2D eigenvalue weighted by atomic mass is 79.9. The van der Waals surface area contributed by atoms with Crippen molar-refractivity contribution in [2.24, 2.45) is 0 Å². The molecule has 1 rings (SSSR count). The van der Waals surface area contributed by atoms with Gasteiger partial charge in [0.2, 0.25) is 0 Å². The van der Waals surface area contributed by atoms with Crippen molar-refractivity contribution < 1.29 is 9.53 Å². The van der Waals surface area contributed by atoms with Crippen LogP contribution in [0, 0.1) is 6.92 Å². The maximum Gasteiger partial charge on any atom is 0.338 e. The van der Waals surface area contributed by atoms with Crippen LogP contribution in [0.4, 0.5) is 0 Å². The van der Waals surface area contributed by atoms with Gasteiger partial charge in [0.15, 0.2) is 0 Å². The second-order valence-corrected chi connectivity index (χ2v) is 4.10. The second kappa shape index (κ2) is 5.91. The molecule has 0 bridgehead atoms. The number of hydrogen-bond donors (Lipinski definition) is 0. The summed E-state index contributed by atoms with van der Waals surface area (Å²) < 4.78 is 4.99. The highest BCUT2D eigenvalue weighted by Gasteiger charge is 2.10. The molecule has 3 heteroatoms. The average molecular weight is 271 g/mol. The van der Waals surface area contributed by atoms with E-state index in [1.165, 1.54) is 0 Å². The summed E-state index contributed by atoms with van der Waals surface area (Å²) >= 11 is 3.38. The minimum atomic E-state index is -0.230. The van der Waals surface area contributed by atoms with Crippen molar-refractivity contribution in [2.45, 2.75) is 20.3 Å². The Bertz CT molecular complexity index is 347. The molecule has 1 aromatic carbocycles. The molecular weight excluding hydrogens is 256 g/mol. The molecule has 0 aromatic heterocycles. The number of rotatable bonds is 4. The third-order valence-corrected chi connectivity index (χ3v) is 2.58. The predicted molar refractivity (Wildman–Crippen MR) is 64.6 cm³/mol. The van der Waals surface area contributed by atoms with Gasteiger partial charge in [0.1, 0.15) is 0 Å². The van der Waals surface area contributed by atoms with Gasteiger partial charge in [-0.15, -0.1) is 0 Å². The quantitative estimate of drug-likeness (QED) is 0.621. The molecule has 0 aliphatic heterocycles. The molecule has 0 heterocycles. The first-order valence-corrected chi connectivity index (χ1v) is 6.13. The number of hydrogen-bond acceptors (Lipinski definition) is 2. The maximum absolute atomic E-state index is 11.6. The molecule has 0 aliphatic carbocycles. The van der Waals surface area contributed by atoms with Crippen LogP contribution < -0.4 is 0 Å². The first-order valence-electron chi connectivity index (χ1n) is 5.01. The van der Waals surface area contributed by atoms with Gasteiger partial charge < -0.3 is 4.74 Å². The summed E-state index contributed by atoms with van der Waals surface area (Å²) in [7, 11) is 0. The second-order valence-electron chi connectivity index (χ2n) is 3.31. The molecule has 82 valence electrons. The number of carbonyl (C=O) groups is 1. The maximum atomic E-state index is 11.6. The molecule has 0 radical (unpaired) electrons. The molecule has 0 saturated heterocycles. The van der Waals surface area contributed by atoms with E-state index in [4.69, 9.17) is 4.74 Å². The van der Waals surface area contributed by atoms with Gasteiger partial charge >= 0.3 is 5.97 Å². The summed E-state index contributed by atoms with van der Waals surface area (Å²) in [5.74, 6) is -0.230. The van der Waals surface area contributed by atoms with Gasteiger partial charge in [-0.3, -0.25) is 0 Å². The minimum absolute atomic E-state index is 0.230. The summed E-state index contributed by atoms with van der Waals surface area (Å²) in [5, 5.41) is 0.901. The number of aryl methyl sites for hydroxylation is 2. The van der Waals surface area contributed by atoms with Crippen molar-refractivity contribution in [2.75, 3.05) is 11.9 Å². The first kappa shape index (κ1) is 12.2. The molecule has 0 fully saturated rings. The fourth-order valence-corrected chi connectivity index (χ4v) is 1.82. The highest BCUT2D eigenvalue weighted by Crippen LogP contribution is 2.13. The molecular formula is C12H15BrO2. The highest BCUT2D eigenvalue weighted by molar-refractivity contribution is 9.09. The lowest BCUT2D eigenvalue weighted by atomic mass is 10.0. The number of halogens is 1. The van der Waals surface area contributed by atoms with E-state index in [9.17, 15) is 4.79 Å². The van der Waals surface area contributed by atoms with Gasteiger partial charge in [0, 0.05) is 5.33 Å². The fourth-order valence-electron chi connectivity index (χ4n) is 1.36. The number of ether oxygens (including phenoxy) is 1. The van der Waals surface area contributed by atoms with Crippen molar-refractivity contribution >= 4 is 21.9 Å². The van der Waals surface area contributed by atoms with Crippen LogP contribution in [0.1, 0.15) is 28.4 Å². The lowest BCUT2D eigenvalue weighted by Crippen LogP contribution is -2.07. The van der Waals surface area contributed by atoms with Crippen molar-refractivity contribution in [1.29, 1.82) is 0 Å². The predicted octanol–water partition coefficient (Wildman–Crippen LogP) is 3.11. The molecule has 2 nitrogen and oxygen atoms in total. The van der Waals surface area contributed by atoms with E-state index < -0.39 is 0 Å². The van der Waals surface area contributed by atoms with Crippen LogP contribution in [0.5, 0.6) is 0 Å². The summed E-state index contributed by atoms with van der Waals surface area (Å²) in [4.78, 5) is 11.6. The molecule has 0 saturated carbocycles. The molecule has 0 atom stereocenters. The smallest absolute Gasteiger partial charge is 0.338 e. The largest absolute Gasteiger partial charge is 0.462 e. The zero-order valence-electron chi connectivity index (χ0n) is 9.05. The Hall–Kier alpha value is -0.830. The van der Waals surface area contributed by atoms with E-state index >= 15 is 0 Å². The van der Waals surface area contributed by atoms with E-state index in [-0.39, 0.29) is 5.97 Å². The van der Waals surface area contributed by atoms with Gasteiger partial charge in [-0.2, -0.15) is 0 Å². The Morgan fingerprint density at radius 3 is 2.80 bits per heavy atom. The zero-order chi connectivity index (χ0) is 11.3. The zero-order valence-corrected chi connectivity index (χ0v) is 10.6. The summed E-state index contributed by atoms with van der Waals surface area (Å²) in [6, 6.07) is 5.91. The monoisotopic (exact) mass is 270 g/mol. The molecule has 0 unspecified atom stereocenters. The van der Waals surface area contributed by atoms with Crippen molar-refractivity contribution in [3.63, 3.8) is 0 Å². The lowest BCUT2D eigenvalue weighted by Gasteiger charge is -2.07. The molecule has 0 aliphatic rings. The van der Waals surface area contributed by atoms with E-state index in [1.54, 1.807) is 0 Å². The third kappa shape index (κ3) is 3.34. The van der Waals surface area contributed by atoms with E-state index in [2.05, 4.69) is 15.9 Å². The Kier molecular flexibility index (Phi) is 4.82. The Morgan fingerprint density at radius 1 is 1.47 bits per heavy atom. The van der Waals surface area contributed by atoms with Crippen molar-refractivity contribution in [3.8, 4) is 0 Å². The van der Waals surface area contributed by atoms with Gasteiger partial charge in [-0.1, -0.05) is 28.1 Å². The lowest BCUT2D eigenvalue weighted by molar-refractivity contribution is 0.0525. The van der Waals surface area contributed by atoms with Crippen LogP contribution in [0.3, 0.4) is 0 Å². The topological polar surface area (TPSA) is 26.3 Å². The van der Waals surface area contributed by atoms with Crippen LogP contribution in [0.2, 0.25) is 0 Å². The van der Waals surface area contributed by atoms with E-state index in [0.29, 0.717) is 12.2 Å². The Balaban J connectivity index is 2.94. The Labute approximate surface area is 98.8 Å². The summed E-state index contributed by atoms with van der Waals surface area (Å²) in [6.07, 6.45) is 0.923. The Morgan fingerprint density at radius 2 is 2.20 bits per heavy atom. The van der Waals surface area contributed by atoms with Gasteiger partial charge in [-0.25, -0.2) is 4.79 Å². The van der Waals surface area contributed by atoms with Crippen molar-refractivity contribution in [1.82, 2.24) is 0 Å². The van der Waals surface area contributed by atoms with Gasteiger partial charge in [0.25, 0.3) is 0 Å². The normalized spacial score (nSPS) is 10.1. The molecule has 1 aromatic rings. The van der Waals surface area contributed by atoms with Gasteiger partial charge in [-0.05, 0) is 37.5 Å². The van der Waals surface area contributed by atoms with Crippen molar-refractivity contribution in [3.05, 3.63) is 34.9 Å². The SMILES string of the molecule is CCOC(=O)c1cc(CCBr)ccc1C. The average Bonchev–Trinajstić information content (AvgIpc) is 2.21. The summed E-state index contributed by atoms with van der Waals surface area (Å²) in [5.41, 5.74) is 2.79. The van der Waals surface area contributed by atoms with Crippen LogP contribution >= 0.6 is 15.9 Å². The van der Waals surface area contributed by atoms with Crippen LogP contribution in [-0.2, 0) is 11.2 Å². The van der Waals surface area contributed by atoms with E-state index in [1.807, 2.05) is 32.0 Å². The first-order chi connectivity index (χ1) is 7.19. The van der Waals surface area contributed by atoms with Crippen LogP contribution in [0.25, 0.3) is 0 Å². The fraction of sp³-hybridized carbons (Fsp3) is 0.417. The number of carbonyl (C=O) groups excluding carboxylic acids is 1. The molecule has 0 N–H and O–H groups in total. The van der Waals surface area contributed by atoms with Crippen LogP contribution in [-0.4, -0.2) is 17.9 Å².